The lowest BCUT2D eigenvalue weighted by atomic mass is 9.49. The smallest absolute Gasteiger partial charge is 0.0591 e. The van der Waals surface area contributed by atoms with Crippen LogP contribution >= 0.6 is 0 Å². The molecule has 1 saturated heterocycles. The van der Waals surface area contributed by atoms with Gasteiger partial charge in [0.25, 0.3) is 0 Å². The Bertz CT molecular complexity index is 635. The fourth-order valence-electron chi connectivity index (χ4n) is 4.05. The Balaban J connectivity index is 1.83. The number of ether oxygens (including phenoxy) is 1. The van der Waals surface area contributed by atoms with E-state index >= 15 is 0 Å². The summed E-state index contributed by atoms with van der Waals surface area (Å²) < 4.78 is 5.63. The average molecular weight is 267 g/mol. The molecule has 2 aromatic rings. The molecule has 104 valence electrons. The molecule has 0 aromatic heterocycles. The molecule has 2 N–H and O–H groups in total. The van der Waals surface area contributed by atoms with Gasteiger partial charge in [0.05, 0.1) is 13.2 Å². The Morgan fingerprint density at radius 2 is 1.75 bits per heavy atom. The fourth-order valence-corrected chi connectivity index (χ4v) is 4.05. The maximum absolute atomic E-state index is 6.16. The minimum absolute atomic E-state index is 0.157. The van der Waals surface area contributed by atoms with Crippen molar-refractivity contribution in [2.75, 3.05) is 19.8 Å². The largest absolute Gasteiger partial charge is 0.379 e. The first-order chi connectivity index (χ1) is 9.80. The number of benzene rings is 2. The predicted molar refractivity (Wildman–Crippen MR) is 81.8 cm³/mol. The van der Waals surface area contributed by atoms with Gasteiger partial charge >= 0.3 is 0 Å². The quantitative estimate of drug-likeness (QED) is 0.926. The molecule has 0 bridgehead atoms. The van der Waals surface area contributed by atoms with Crippen molar-refractivity contribution < 1.29 is 4.74 Å². The number of fused-ring (bicyclic) bond motifs is 1. The van der Waals surface area contributed by atoms with Gasteiger partial charge < -0.3 is 10.5 Å². The highest BCUT2D eigenvalue weighted by atomic mass is 16.5. The second kappa shape index (κ2) is 4.31. The van der Waals surface area contributed by atoms with E-state index in [4.69, 9.17) is 10.5 Å². The summed E-state index contributed by atoms with van der Waals surface area (Å²) in [7, 11) is 0. The van der Waals surface area contributed by atoms with Gasteiger partial charge in [-0.3, -0.25) is 0 Å². The second-order valence-electron chi connectivity index (χ2n) is 6.47. The topological polar surface area (TPSA) is 35.2 Å². The maximum atomic E-state index is 6.16. The number of hydrogen-bond donors (Lipinski definition) is 1. The van der Waals surface area contributed by atoms with Crippen LogP contribution < -0.4 is 5.73 Å². The highest BCUT2D eigenvalue weighted by Gasteiger charge is 2.58. The zero-order valence-corrected chi connectivity index (χ0v) is 11.8. The molecule has 2 nitrogen and oxygen atoms in total. The van der Waals surface area contributed by atoms with Gasteiger partial charge in [-0.1, -0.05) is 48.9 Å². The molecule has 2 heteroatoms. The molecule has 1 aliphatic heterocycles. The van der Waals surface area contributed by atoms with E-state index in [9.17, 15) is 0 Å². The highest BCUT2D eigenvalue weighted by Crippen LogP contribution is 2.57. The SMILES string of the molecule is NCC1(C2(c3ccc4ccccc4c3)COC2)CCC1. The van der Waals surface area contributed by atoms with Crippen molar-refractivity contribution in [3.63, 3.8) is 0 Å². The monoisotopic (exact) mass is 267 g/mol. The zero-order chi connectivity index (χ0) is 13.6. The first-order valence-electron chi connectivity index (χ1n) is 7.57. The lowest BCUT2D eigenvalue weighted by Gasteiger charge is -2.60. The van der Waals surface area contributed by atoms with Gasteiger partial charge in [-0.15, -0.1) is 0 Å². The fraction of sp³-hybridized carbons (Fsp3) is 0.444. The Kier molecular flexibility index (Phi) is 2.66. The molecule has 0 unspecified atom stereocenters. The Morgan fingerprint density at radius 1 is 1.00 bits per heavy atom. The third kappa shape index (κ3) is 1.46. The summed E-state index contributed by atoms with van der Waals surface area (Å²) in [6.45, 7) is 2.45. The van der Waals surface area contributed by atoms with E-state index in [0.717, 1.165) is 19.8 Å². The molecule has 4 rings (SSSR count). The van der Waals surface area contributed by atoms with Crippen molar-refractivity contribution >= 4 is 10.8 Å². The molecule has 1 heterocycles. The highest BCUT2D eigenvalue weighted by molar-refractivity contribution is 5.83. The number of hydrogen-bond acceptors (Lipinski definition) is 2. The first-order valence-corrected chi connectivity index (χ1v) is 7.57. The van der Waals surface area contributed by atoms with Crippen LogP contribution in [0.2, 0.25) is 0 Å². The molecule has 0 amide bonds. The molecule has 2 aliphatic rings. The van der Waals surface area contributed by atoms with Gasteiger partial charge in [0.1, 0.15) is 0 Å². The molecular weight excluding hydrogens is 246 g/mol. The third-order valence-electron chi connectivity index (χ3n) is 5.72. The lowest BCUT2D eigenvalue weighted by Crippen LogP contribution is -2.64. The Hall–Kier alpha value is -1.38. The summed E-state index contributed by atoms with van der Waals surface area (Å²) in [4.78, 5) is 0. The van der Waals surface area contributed by atoms with Crippen molar-refractivity contribution in [1.29, 1.82) is 0 Å². The normalized spacial score (nSPS) is 23.1. The van der Waals surface area contributed by atoms with E-state index in [0.29, 0.717) is 0 Å². The summed E-state index contributed by atoms with van der Waals surface area (Å²) in [6.07, 6.45) is 3.81. The van der Waals surface area contributed by atoms with Gasteiger partial charge in [0, 0.05) is 5.41 Å². The Labute approximate surface area is 119 Å². The van der Waals surface area contributed by atoms with Crippen LogP contribution in [-0.2, 0) is 10.2 Å². The molecule has 1 saturated carbocycles. The first kappa shape index (κ1) is 12.4. The van der Waals surface area contributed by atoms with Crippen molar-refractivity contribution in [3.8, 4) is 0 Å². The van der Waals surface area contributed by atoms with E-state index in [1.807, 2.05) is 0 Å². The van der Waals surface area contributed by atoms with Crippen LogP contribution in [-0.4, -0.2) is 19.8 Å². The maximum Gasteiger partial charge on any atom is 0.0591 e. The van der Waals surface area contributed by atoms with Gasteiger partial charge in [0.15, 0.2) is 0 Å². The lowest BCUT2D eigenvalue weighted by molar-refractivity contribution is -0.153. The van der Waals surface area contributed by atoms with Crippen LogP contribution in [0.25, 0.3) is 10.8 Å². The number of rotatable bonds is 3. The molecule has 2 aromatic carbocycles. The van der Waals surface area contributed by atoms with Gasteiger partial charge in [-0.2, -0.15) is 0 Å². The molecule has 0 spiro atoms. The van der Waals surface area contributed by atoms with Crippen LogP contribution in [0.1, 0.15) is 24.8 Å². The standard InChI is InChI=1S/C18H21NO/c19-11-17(8-3-9-17)18(12-20-13-18)16-7-6-14-4-1-2-5-15(14)10-16/h1-2,4-7,10H,3,8-9,11-13,19H2. The summed E-state index contributed by atoms with van der Waals surface area (Å²) >= 11 is 0. The van der Waals surface area contributed by atoms with E-state index in [-0.39, 0.29) is 10.8 Å². The van der Waals surface area contributed by atoms with Crippen LogP contribution in [0, 0.1) is 5.41 Å². The van der Waals surface area contributed by atoms with E-state index < -0.39 is 0 Å². The third-order valence-corrected chi connectivity index (χ3v) is 5.72. The van der Waals surface area contributed by atoms with Gasteiger partial charge in [-0.25, -0.2) is 0 Å². The molecule has 2 fully saturated rings. The molecule has 0 radical (unpaired) electrons. The van der Waals surface area contributed by atoms with Crippen LogP contribution in [0.3, 0.4) is 0 Å². The summed E-state index contributed by atoms with van der Waals surface area (Å²) in [5.41, 5.74) is 8.01. The molecule has 0 atom stereocenters. The van der Waals surface area contributed by atoms with E-state index in [1.54, 1.807) is 0 Å². The summed E-state index contributed by atoms with van der Waals surface area (Å²) in [6, 6.07) is 15.5. The number of nitrogens with two attached hydrogens (primary N) is 1. The average Bonchev–Trinajstić information content (AvgIpc) is 2.40. The van der Waals surface area contributed by atoms with Gasteiger partial charge in [0.2, 0.25) is 0 Å². The van der Waals surface area contributed by atoms with Crippen LogP contribution in [0.4, 0.5) is 0 Å². The zero-order valence-electron chi connectivity index (χ0n) is 11.8. The molecular formula is C18H21NO. The van der Waals surface area contributed by atoms with Crippen molar-refractivity contribution in [2.45, 2.75) is 24.7 Å². The van der Waals surface area contributed by atoms with Crippen molar-refractivity contribution in [2.24, 2.45) is 11.1 Å². The second-order valence-corrected chi connectivity index (χ2v) is 6.47. The van der Waals surface area contributed by atoms with Gasteiger partial charge in [-0.05, 0) is 41.1 Å². The summed E-state index contributed by atoms with van der Waals surface area (Å²) in [5.74, 6) is 0. The molecule has 20 heavy (non-hydrogen) atoms. The molecule has 1 aliphatic carbocycles. The van der Waals surface area contributed by atoms with E-state index in [1.165, 1.54) is 35.6 Å². The van der Waals surface area contributed by atoms with Crippen LogP contribution in [0.5, 0.6) is 0 Å². The Morgan fingerprint density at radius 3 is 2.30 bits per heavy atom. The van der Waals surface area contributed by atoms with Crippen LogP contribution in [0.15, 0.2) is 42.5 Å². The van der Waals surface area contributed by atoms with Crippen molar-refractivity contribution in [3.05, 3.63) is 48.0 Å². The summed E-state index contributed by atoms with van der Waals surface area (Å²) in [5, 5.41) is 2.63. The minimum Gasteiger partial charge on any atom is -0.379 e. The van der Waals surface area contributed by atoms with Crippen molar-refractivity contribution in [1.82, 2.24) is 0 Å². The van der Waals surface area contributed by atoms with E-state index in [2.05, 4.69) is 42.5 Å². The minimum atomic E-state index is 0.157. The predicted octanol–water partition coefficient (Wildman–Crippen LogP) is 3.24.